The van der Waals surface area contributed by atoms with Crippen LogP contribution in [-0.2, 0) is 22.6 Å². The number of carbonyl (C=O) groups excluding carboxylic acids is 2. The number of aromatic nitrogens is 2. The maximum atomic E-state index is 13.0. The van der Waals surface area contributed by atoms with Gasteiger partial charge in [0.15, 0.2) is 0 Å². The second-order valence-corrected chi connectivity index (χ2v) is 9.97. The molecular weight excluding hydrogens is 392 g/mol. The van der Waals surface area contributed by atoms with Crippen LogP contribution in [0.2, 0.25) is 0 Å². The van der Waals surface area contributed by atoms with Crippen molar-refractivity contribution in [2.24, 2.45) is 11.8 Å². The molecule has 1 aromatic rings. The second kappa shape index (κ2) is 8.75. The van der Waals surface area contributed by atoms with Gasteiger partial charge in [-0.25, -0.2) is 4.98 Å². The van der Waals surface area contributed by atoms with Gasteiger partial charge < -0.3 is 14.8 Å². The number of carbonyl (C=O) groups is 2. The molecule has 0 aromatic carbocycles. The van der Waals surface area contributed by atoms with Gasteiger partial charge in [-0.05, 0) is 50.9 Å². The zero-order chi connectivity index (χ0) is 21.4. The first-order valence-electron chi connectivity index (χ1n) is 12.3. The van der Waals surface area contributed by atoms with Crippen molar-refractivity contribution in [2.45, 2.75) is 89.6 Å². The molecule has 1 N–H and O–H groups in total. The average molecular weight is 427 g/mol. The second-order valence-electron chi connectivity index (χ2n) is 9.97. The first-order valence-corrected chi connectivity index (χ1v) is 12.3. The van der Waals surface area contributed by atoms with Crippen molar-refractivity contribution < 1.29 is 9.59 Å². The molecule has 1 aromatic heterocycles. The lowest BCUT2D eigenvalue weighted by Crippen LogP contribution is -2.45. The Labute approximate surface area is 183 Å². The van der Waals surface area contributed by atoms with Crippen LogP contribution in [0.3, 0.4) is 0 Å². The van der Waals surface area contributed by atoms with Gasteiger partial charge >= 0.3 is 0 Å². The van der Waals surface area contributed by atoms with Crippen molar-refractivity contribution in [1.82, 2.24) is 19.8 Å². The van der Waals surface area contributed by atoms with Crippen LogP contribution in [0, 0.1) is 11.8 Å². The summed E-state index contributed by atoms with van der Waals surface area (Å²) in [6.07, 6.45) is 12.0. The Bertz CT molecular complexity index is 901. The van der Waals surface area contributed by atoms with E-state index in [9.17, 15) is 14.4 Å². The molecule has 31 heavy (non-hydrogen) atoms. The van der Waals surface area contributed by atoms with Crippen molar-refractivity contribution in [2.75, 3.05) is 13.1 Å². The third-order valence-corrected chi connectivity index (χ3v) is 7.93. The fourth-order valence-corrected chi connectivity index (χ4v) is 5.77. The van der Waals surface area contributed by atoms with Crippen LogP contribution in [0.25, 0.3) is 0 Å². The van der Waals surface area contributed by atoms with Crippen molar-refractivity contribution in [3.63, 3.8) is 0 Å². The highest BCUT2D eigenvalue weighted by Crippen LogP contribution is 2.35. The molecule has 1 unspecified atom stereocenters. The van der Waals surface area contributed by atoms with Gasteiger partial charge in [0.05, 0.1) is 23.8 Å². The van der Waals surface area contributed by atoms with Crippen LogP contribution in [0.1, 0.15) is 93.8 Å². The van der Waals surface area contributed by atoms with Crippen molar-refractivity contribution in [1.29, 1.82) is 0 Å². The van der Waals surface area contributed by atoms with E-state index in [4.69, 9.17) is 4.98 Å². The number of nitrogens with one attached hydrogen (secondary N) is 1. The van der Waals surface area contributed by atoms with Crippen molar-refractivity contribution >= 4 is 11.8 Å². The SMILES string of the molecule is O=C(CC1CCCC1)N1CCc2nc(C3CCCCN3C(=O)C3CCC3)[nH]c(=O)c2C1. The van der Waals surface area contributed by atoms with E-state index in [2.05, 4.69) is 4.98 Å². The summed E-state index contributed by atoms with van der Waals surface area (Å²) in [5, 5.41) is 0. The van der Waals surface area contributed by atoms with Gasteiger partial charge in [0.25, 0.3) is 5.56 Å². The van der Waals surface area contributed by atoms with E-state index in [0.717, 1.165) is 63.6 Å². The van der Waals surface area contributed by atoms with Gasteiger partial charge in [-0.3, -0.25) is 14.4 Å². The Morgan fingerprint density at radius 3 is 2.48 bits per heavy atom. The summed E-state index contributed by atoms with van der Waals surface area (Å²) in [6.45, 7) is 1.74. The van der Waals surface area contributed by atoms with E-state index in [1.807, 2.05) is 9.80 Å². The molecule has 2 amide bonds. The Balaban J connectivity index is 1.32. The molecule has 1 saturated heterocycles. The molecule has 0 bridgehead atoms. The minimum atomic E-state index is -0.139. The van der Waals surface area contributed by atoms with Gasteiger partial charge in [-0.15, -0.1) is 0 Å². The van der Waals surface area contributed by atoms with Gasteiger partial charge in [0.1, 0.15) is 5.82 Å². The van der Waals surface area contributed by atoms with E-state index in [1.165, 1.54) is 12.8 Å². The predicted molar refractivity (Wildman–Crippen MR) is 116 cm³/mol. The third-order valence-electron chi connectivity index (χ3n) is 7.93. The molecule has 7 nitrogen and oxygen atoms in total. The van der Waals surface area contributed by atoms with Crippen molar-refractivity contribution in [3.05, 3.63) is 27.4 Å². The first-order chi connectivity index (χ1) is 15.1. The number of nitrogens with zero attached hydrogens (tertiary/aromatic N) is 3. The normalized spacial score (nSPS) is 24.7. The third kappa shape index (κ3) is 4.15. The average Bonchev–Trinajstić information content (AvgIpc) is 3.25. The molecule has 3 fully saturated rings. The molecule has 3 heterocycles. The molecule has 0 spiro atoms. The summed E-state index contributed by atoms with van der Waals surface area (Å²) in [4.78, 5) is 50.3. The summed E-state index contributed by atoms with van der Waals surface area (Å²) in [5.74, 6) is 1.72. The zero-order valence-corrected chi connectivity index (χ0v) is 18.4. The number of likely N-dealkylation sites (tertiary alicyclic amines) is 1. The first kappa shape index (κ1) is 20.7. The summed E-state index contributed by atoms with van der Waals surface area (Å²) < 4.78 is 0. The van der Waals surface area contributed by atoms with E-state index in [0.29, 0.717) is 43.2 Å². The topological polar surface area (TPSA) is 86.4 Å². The maximum absolute atomic E-state index is 13.0. The number of rotatable bonds is 4. The van der Waals surface area contributed by atoms with Crippen LogP contribution >= 0.6 is 0 Å². The Kier molecular flexibility index (Phi) is 5.85. The lowest BCUT2D eigenvalue weighted by Gasteiger charge is -2.39. The van der Waals surface area contributed by atoms with Crippen LogP contribution in [0.15, 0.2) is 4.79 Å². The fourth-order valence-electron chi connectivity index (χ4n) is 5.77. The van der Waals surface area contributed by atoms with E-state index in [-0.39, 0.29) is 29.3 Å². The summed E-state index contributed by atoms with van der Waals surface area (Å²) in [5.41, 5.74) is 1.30. The van der Waals surface area contributed by atoms with Crippen LogP contribution in [0.4, 0.5) is 0 Å². The molecule has 2 saturated carbocycles. The Morgan fingerprint density at radius 1 is 0.968 bits per heavy atom. The number of hydrogen-bond donors (Lipinski definition) is 1. The Hall–Kier alpha value is -2.18. The number of aromatic amines is 1. The molecule has 5 rings (SSSR count). The number of H-pyrrole nitrogens is 1. The standard InChI is InChI=1S/C24H34N4O3/c29-21(14-16-6-1-2-7-16)27-13-11-19-18(15-27)23(30)26-22(25-19)20-10-3-4-12-28(20)24(31)17-8-5-9-17/h16-17,20H,1-15H2,(H,25,26,30). The zero-order valence-electron chi connectivity index (χ0n) is 18.4. The lowest BCUT2D eigenvalue weighted by molar-refractivity contribution is -0.142. The van der Waals surface area contributed by atoms with E-state index < -0.39 is 0 Å². The minimum Gasteiger partial charge on any atom is -0.338 e. The van der Waals surface area contributed by atoms with Crippen LogP contribution in [-0.4, -0.2) is 44.7 Å². The number of piperidine rings is 1. The van der Waals surface area contributed by atoms with Gasteiger partial charge in [0, 0.05) is 31.8 Å². The van der Waals surface area contributed by atoms with Crippen molar-refractivity contribution in [3.8, 4) is 0 Å². The molecular formula is C24H34N4O3. The Morgan fingerprint density at radius 2 is 1.74 bits per heavy atom. The molecule has 2 aliphatic heterocycles. The summed E-state index contributed by atoms with van der Waals surface area (Å²) in [7, 11) is 0. The molecule has 4 aliphatic rings. The molecule has 168 valence electrons. The van der Waals surface area contributed by atoms with Gasteiger partial charge in [-0.2, -0.15) is 0 Å². The largest absolute Gasteiger partial charge is 0.338 e. The van der Waals surface area contributed by atoms with Gasteiger partial charge in [-0.1, -0.05) is 19.3 Å². The van der Waals surface area contributed by atoms with Gasteiger partial charge in [0.2, 0.25) is 11.8 Å². The molecule has 7 heteroatoms. The van der Waals surface area contributed by atoms with Crippen LogP contribution in [0.5, 0.6) is 0 Å². The van der Waals surface area contributed by atoms with Crippen LogP contribution < -0.4 is 5.56 Å². The maximum Gasteiger partial charge on any atom is 0.256 e. The minimum absolute atomic E-state index is 0.123. The van der Waals surface area contributed by atoms with E-state index >= 15 is 0 Å². The fraction of sp³-hybridized carbons (Fsp3) is 0.750. The molecule has 0 radical (unpaired) electrons. The highest BCUT2D eigenvalue weighted by molar-refractivity contribution is 5.80. The molecule has 2 aliphatic carbocycles. The summed E-state index contributed by atoms with van der Waals surface area (Å²) >= 11 is 0. The highest BCUT2D eigenvalue weighted by atomic mass is 16.2. The monoisotopic (exact) mass is 426 g/mol. The number of fused-ring (bicyclic) bond motifs is 1. The lowest BCUT2D eigenvalue weighted by atomic mass is 9.83. The highest BCUT2D eigenvalue weighted by Gasteiger charge is 2.36. The number of hydrogen-bond acceptors (Lipinski definition) is 4. The number of amides is 2. The quantitative estimate of drug-likeness (QED) is 0.802. The predicted octanol–water partition coefficient (Wildman–Crippen LogP) is 3.09. The molecule has 1 atom stereocenters. The smallest absolute Gasteiger partial charge is 0.256 e. The summed E-state index contributed by atoms with van der Waals surface area (Å²) in [6, 6.07) is -0.123. The van der Waals surface area contributed by atoms with E-state index in [1.54, 1.807) is 0 Å².